The number of aliphatic hydroxyl groups excluding tert-OH is 1. The van der Waals surface area contributed by atoms with Gasteiger partial charge in [-0.25, -0.2) is 9.97 Å². The molecule has 0 spiro atoms. The van der Waals surface area contributed by atoms with E-state index in [-0.39, 0.29) is 6.61 Å². The van der Waals surface area contributed by atoms with Crippen molar-refractivity contribution in [3.63, 3.8) is 0 Å². The summed E-state index contributed by atoms with van der Waals surface area (Å²) in [5, 5.41) is 15.0. The summed E-state index contributed by atoms with van der Waals surface area (Å²) in [5.74, 6) is 2.41. The van der Waals surface area contributed by atoms with Crippen LogP contribution in [0.5, 0.6) is 0 Å². The normalized spacial score (nSPS) is 15.6. The van der Waals surface area contributed by atoms with Crippen LogP contribution in [0.4, 0.5) is 11.6 Å². The van der Waals surface area contributed by atoms with Crippen LogP contribution < -0.4 is 10.6 Å². The lowest BCUT2D eigenvalue weighted by Gasteiger charge is -2.25. The van der Waals surface area contributed by atoms with Gasteiger partial charge in [0.2, 0.25) is 0 Å². The summed E-state index contributed by atoms with van der Waals surface area (Å²) in [6.45, 7) is 1.62. The molecule has 2 rings (SSSR count). The highest BCUT2D eigenvalue weighted by Crippen LogP contribution is 2.26. The molecule has 0 aliphatic heterocycles. The highest BCUT2D eigenvalue weighted by molar-refractivity contribution is 5.46. The summed E-state index contributed by atoms with van der Waals surface area (Å²) < 4.78 is 0. The van der Waals surface area contributed by atoms with Crippen molar-refractivity contribution in [1.82, 2.24) is 9.97 Å². The minimum atomic E-state index is 0.106. The van der Waals surface area contributed by atoms with Crippen molar-refractivity contribution in [2.24, 2.45) is 5.92 Å². The van der Waals surface area contributed by atoms with Crippen LogP contribution in [0.1, 0.15) is 19.3 Å². The lowest BCUT2D eigenvalue weighted by atomic mass is 9.85. The Kier molecular flexibility index (Phi) is 3.93. The van der Waals surface area contributed by atoms with Crippen molar-refractivity contribution in [1.29, 1.82) is 0 Å². The fourth-order valence-electron chi connectivity index (χ4n) is 1.68. The molecule has 16 heavy (non-hydrogen) atoms. The van der Waals surface area contributed by atoms with Gasteiger partial charge in [-0.1, -0.05) is 6.42 Å². The number of hydrogen-bond acceptors (Lipinski definition) is 5. The summed E-state index contributed by atoms with van der Waals surface area (Å²) in [6.07, 6.45) is 5.55. The first-order valence-electron chi connectivity index (χ1n) is 5.79. The van der Waals surface area contributed by atoms with Gasteiger partial charge in [-0.2, -0.15) is 0 Å². The molecule has 1 aromatic rings. The third-order valence-corrected chi connectivity index (χ3v) is 2.88. The van der Waals surface area contributed by atoms with Gasteiger partial charge in [0.1, 0.15) is 18.0 Å². The number of rotatable bonds is 6. The van der Waals surface area contributed by atoms with Crippen LogP contribution in [0.3, 0.4) is 0 Å². The molecule has 1 heterocycles. The predicted molar refractivity (Wildman–Crippen MR) is 63.4 cm³/mol. The minimum Gasteiger partial charge on any atom is -0.395 e. The summed E-state index contributed by atoms with van der Waals surface area (Å²) in [4.78, 5) is 8.22. The molecule has 0 bridgehead atoms. The van der Waals surface area contributed by atoms with E-state index in [0.29, 0.717) is 6.54 Å². The molecule has 5 nitrogen and oxygen atoms in total. The van der Waals surface area contributed by atoms with Crippen molar-refractivity contribution in [3.8, 4) is 0 Å². The maximum Gasteiger partial charge on any atom is 0.131 e. The van der Waals surface area contributed by atoms with E-state index in [0.717, 1.165) is 24.1 Å². The van der Waals surface area contributed by atoms with Crippen molar-refractivity contribution in [3.05, 3.63) is 12.4 Å². The molecule has 0 unspecified atom stereocenters. The second-order valence-corrected chi connectivity index (χ2v) is 4.12. The summed E-state index contributed by atoms with van der Waals surface area (Å²) in [5.41, 5.74) is 0. The van der Waals surface area contributed by atoms with Gasteiger partial charge in [-0.05, 0) is 18.8 Å². The molecule has 0 atom stereocenters. The van der Waals surface area contributed by atoms with Gasteiger partial charge < -0.3 is 15.7 Å². The Morgan fingerprint density at radius 2 is 2.00 bits per heavy atom. The molecular weight excluding hydrogens is 204 g/mol. The smallest absolute Gasteiger partial charge is 0.131 e. The lowest BCUT2D eigenvalue weighted by Crippen LogP contribution is -2.21. The zero-order valence-corrected chi connectivity index (χ0v) is 9.32. The van der Waals surface area contributed by atoms with E-state index < -0.39 is 0 Å². The van der Waals surface area contributed by atoms with E-state index in [1.54, 1.807) is 0 Å². The average molecular weight is 222 g/mol. The molecule has 5 heteroatoms. The molecule has 1 saturated carbocycles. The number of anilines is 2. The summed E-state index contributed by atoms with van der Waals surface area (Å²) in [6, 6.07) is 1.87. The first-order valence-corrected chi connectivity index (χ1v) is 5.79. The maximum absolute atomic E-state index is 8.69. The molecule has 0 saturated heterocycles. The van der Waals surface area contributed by atoms with Crippen molar-refractivity contribution >= 4 is 11.6 Å². The third kappa shape index (κ3) is 3.06. The summed E-state index contributed by atoms with van der Waals surface area (Å²) in [7, 11) is 0. The number of aromatic nitrogens is 2. The third-order valence-electron chi connectivity index (χ3n) is 2.88. The van der Waals surface area contributed by atoms with Gasteiger partial charge in [0.15, 0.2) is 0 Å². The molecular formula is C11H18N4O. The number of nitrogens with one attached hydrogen (secondary N) is 2. The Morgan fingerprint density at radius 1 is 1.25 bits per heavy atom. The van der Waals surface area contributed by atoms with Crippen LogP contribution in [-0.2, 0) is 0 Å². The highest BCUT2D eigenvalue weighted by Gasteiger charge is 2.16. The van der Waals surface area contributed by atoms with E-state index in [9.17, 15) is 0 Å². The molecule has 0 aromatic carbocycles. The molecule has 1 aromatic heterocycles. The predicted octanol–water partition coefficient (Wildman–Crippen LogP) is 1.09. The Bertz CT molecular complexity index is 328. The Labute approximate surface area is 95.3 Å². The van der Waals surface area contributed by atoms with E-state index in [1.807, 2.05) is 6.07 Å². The zero-order chi connectivity index (χ0) is 11.2. The van der Waals surface area contributed by atoms with Crippen LogP contribution in [0, 0.1) is 5.92 Å². The Morgan fingerprint density at radius 3 is 2.62 bits per heavy atom. The molecule has 0 radical (unpaired) electrons. The topological polar surface area (TPSA) is 70.1 Å². The van der Waals surface area contributed by atoms with Crippen LogP contribution in [0.2, 0.25) is 0 Å². The second kappa shape index (κ2) is 5.65. The van der Waals surface area contributed by atoms with Crippen LogP contribution in [0.15, 0.2) is 12.4 Å². The van der Waals surface area contributed by atoms with Crippen molar-refractivity contribution in [2.45, 2.75) is 19.3 Å². The van der Waals surface area contributed by atoms with Gasteiger partial charge in [-0.15, -0.1) is 0 Å². The highest BCUT2D eigenvalue weighted by atomic mass is 16.3. The van der Waals surface area contributed by atoms with Gasteiger partial charge in [0.05, 0.1) is 6.61 Å². The van der Waals surface area contributed by atoms with Crippen LogP contribution in [0.25, 0.3) is 0 Å². The van der Waals surface area contributed by atoms with Crippen molar-refractivity contribution < 1.29 is 5.11 Å². The first-order chi connectivity index (χ1) is 7.88. The van der Waals surface area contributed by atoms with Crippen LogP contribution >= 0.6 is 0 Å². The molecule has 1 fully saturated rings. The van der Waals surface area contributed by atoms with E-state index in [2.05, 4.69) is 20.6 Å². The monoisotopic (exact) mass is 222 g/mol. The van der Waals surface area contributed by atoms with Gasteiger partial charge in [0.25, 0.3) is 0 Å². The lowest BCUT2D eigenvalue weighted by molar-refractivity contribution is 0.311. The van der Waals surface area contributed by atoms with Gasteiger partial charge >= 0.3 is 0 Å². The van der Waals surface area contributed by atoms with Gasteiger partial charge in [0, 0.05) is 19.2 Å². The average Bonchev–Trinajstić information content (AvgIpc) is 2.25. The minimum absolute atomic E-state index is 0.106. The molecule has 3 N–H and O–H groups in total. The number of hydrogen-bond donors (Lipinski definition) is 3. The Balaban J connectivity index is 1.82. The van der Waals surface area contributed by atoms with Crippen LogP contribution in [-0.4, -0.2) is 34.8 Å². The largest absolute Gasteiger partial charge is 0.395 e. The molecule has 88 valence electrons. The number of aliphatic hydroxyl groups is 1. The molecule has 1 aliphatic rings. The quantitative estimate of drug-likeness (QED) is 0.672. The first kappa shape index (κ1) is 11.1. The van der Waals surface area contributed by atoms with E-state index >= 15 is 0 Å². The fourth-order valence-corrected chi connectivity index (χ4v) is 1.68. The second-order valence-electron chi connectivity index (χ2n) is 4.12. The Hall–Kier alpha value is -1.36. The van der Waals surface area contributed by atoms with E-state index in [4.69, 9.17) is 5.11 Å². The van der Waals surface area contributed by atoms with E-state index in [1.165, 1.54) is 25.6 Å². The van der Waals surface area contributed by atoms with Crippen molar-refractivity contribution in [2.75, 3.05) is 30.3 Å². The number of nitrogens with zero attached hydrogens (tertiary/aromatic N) is 2. The summed E-state index contributed by atoms with van der Waals surface area (Å²) >= 11 is 0. The molecule has 1 aliphatic carbocycles. The zero-order valence-electron chi connectivity index (χ0n) is 9.32. The molecule has 0 amide bonds. The fraction of sp³-hybridized carbons (Fsp3) is 0.636. The maximum atomic E-state index is 8.69. The standard InChI is InChI=1S/C11H18N4O/c16-5-4-12-10-6-11(15-8-14-10)13-7-9-2-1-3-9/h6,8-9,16H,1-5,7H2,(H2,12,13,14,15). The van der Waals surface area contributed by atoms with Gasteiger partial charge in [-0.3, -0.25) is 0 Å². The SMILES string of the molecule is OCCNc1cc(NCC2CCC2)ncn1.